The molecule has 1 aliphatic heterocycles. The van der Waals surface area contributed by atoms with E-state index in [0.717, 1.165) is 24.3 Å². The van der Waals surface area contributed by atoms with E-state index in [2.05, 4.69) is 30.3 Å². The number of rotatable bonds is 7. The molecule has 1 aliphatic rings. The molecule has 2 aromatic carbocycles. The number of unbranched alkanes of at least 4 members (excludes halogenated alkanes) is 1. The van der Waals surface area contributed by atoms with E-state index in [-0.39, 0.29) is 5.78 Å². The number of benzene rings is 2. The van der Waals surface area contributed by atoms with Crippen LogP contribution < -0.4 is 4.90 Å². The fraction of sp³-hybridized carbons (Fsp3) is 0.381. The molecule has 1 saturated heterocycles. The first-order chi connectivity index (χ1) is 11.3. The smallest absolute Gasteiger partial charge is 0.162 e. The lowest BCUT2D eigenvalue weighted by atomic mass is 9.99. The monoisotopic (exact) mass is 308 g/mol. The maximum atomic E-state index is 12.1. The lowest BCUT2D eigenvalue weighted by Gasteiger charge is -2.13. The molecular weight excluding hydrogens is 282 g/mol. The fourth-order valence-electron chi connectivity index (χ4n) is 3.60. The summed E-state index contributed by atoms with van der Waals surface area (Å²) in [6.07, 6.45) is 4.13. The molecule has 1 heterocycles. The van der Waals surface area contributed by atoms with Gasteiger partial charge in [0.15, 0.2) is 5.78 Å². The molecule has 3 rings (SSSR count). The van der Waals surface area contributed by atoms with Crippen molar-refractivity contribution < 1.29 is 9.69 Å². The number of carbonyl (C=O) groups excluding carboxylic acids is 1. The molecular formula is C21H26NO+. The van der Waals surface area contributed by atoms with Crippen LogP contribution in [0.3, 0.4) is 0 Å². The Morgan fingerprint density at radius 2 is 1.65 bits per heavy atom. The molecule has 0 radical (unpaired) electrons. The molecule has 0 bridgehead atoms. The zero-order valence-corrected chi connectivity index (χ0v) is 13.7. The molecule has 120 valence electrons. The van der Waals surface area contributed by atoms with Crippen molar-refractivity contribution in [1.29, 1.82) is 0 Å². The highest BCUT2D eigenvalue weighted by atomic mass is 16.1. The SMILES string of the molecule is O=C(CCCC[NH+]1CC[C@H](c2ccccc2)C1)c1ccccc1. The second-order valence-corrected chi connectivity index (χ2v) is 6.60. The van der Waals surface area contributed by atoms with Gasteiger partial charge in [-0.25, -0.2) is 0 Å². The van der Waals surface area contributed by atoms with Gasteiger partial charge in [-0.2, -0.15) is 0 Å². The van der Waals surface area contributed by atoms with Crippen LogP contribution in [0.2, 0.25) is 0 Å². The Labute approximate surface area is 139 Å². The Hall–Kier alpha value is -1.93. The minimum atomic E-state index is 0.282. The van der Waals surface area contributed by atoms with E-state index >= 15 is 0 Å². The molecule has 0 spiro atoms. The van der Waals surface area contributed by atoms with Crippen LogP contribution in [0.4, 0.5) is 0 Å². The molecule has 2 nitrogen and oxygen atoms in total. The van der Waals surface area contributed by atoms with E-state index in [9.17, 15) is 4.79 Å². The molecule has 1 N–H and O–H groups in total. The average Bonchev–Trinajstić information content (AvgIpc) is 3.09. The summed E-state index contributed by atoms with van der Waals surface area (Å²) >= 11 is 0. The van der Waals surface area contributed by atoms with Crippen LogP contribution in [0.15, 0.2) is 60.7 Å². The number of likely N-dealkylation sites (tertiary alicyclic amines) is 1. The first-order valence-electron chi connectivity index (χ1n) is 8.79. The van der Waals surface area contributed by atoms with E-state index < -0.39 is 0 Å². The van der Waals surface area contributed by atoms with Gasteiger partial charge in [0, 0.05) is 24.3 Å². The van der Waals surface area contributed by atoms with Crippen molar-refractivity contribution in [3.05, 3.63) is 71.8 Å². The molecule has 0 amide bonds. The van der Waals surface area contributed by atoms with E-state index in [0.29, 0.717) is 6.42 Å². The van der Waals surface area contributed by atoms with Crippen LogP contribution in [-0.4, -0.2) is 25.4 Å². The van der Waals surface area contributed by atoms with Gasteiger partial charge in [0.1, 0.15) is 0 Å². The highest BCUT2D eigenvalue weighted by Crippen LogP contribution is 2.19. The summed E-state index contributed by atoms with van der Waals surface area (Å²) in [6.45, 7) is 3.72. The van der Waals surface area contributed by atoms with E-state index in [4.69, 9.17) is 0 Å². The second kappa shape index (κ2) is 8.07. The number of nitrogens with one attached hydrogen (secondary N) is 1. The van der Waals surface area contributed by atoms with Gasteiger partial charge in [-0.3, -0.25) is 4.79 Å². The predicted octanol–water partition coefficient (Wildman–Crippen LogP) is 3.11. The quantitative estimate of drug-likeness (QED) is 0.616. The molecule has 2 aromatic rings. The summed E-state index contributed by atoms with van der Waals surface area (Å²) in [7, 11) is 0. The van der Waals surface area contributed by atoms with Crippen LogP contribution >= 0.6 is 0 Å². The molecule has 2 heteroatoms. The van der Waals surface area contributed by atoms with Crippen LogP contribution in [0.1, 0.15) is 47.5 Å². The van der Waals surface area contributed by atoms with Gasteiger partial charge in [-0.1, -0.05) is 60.7 Å². The molecule has 1 fully saturated rings. The number of carbonyl (C=O) groups is 1. The lowest BCUT2D eigenvalue weighted by molar-refractivity contribution is -0.888. The Balaban J connectivity index is 1.36. The number of quaternary nitrogens is 1. The molecule has 0 aromatic heterocycles. The lowest BCUT2D eigenvalue weighted by Crippen LogP contribution is -3.10. The van der Waals surface area contributed by atoms with Gasteiger partial charge >= 0.3 is 0 Å². The van der Waals surface area contributed by atoms with Crippen LogP contribution in [-0.2, 0) is 0 Å². The van der Waals surface area contributed by atoms with Gasteiger partial charge in [-0.05, 0) is 18.4 Å². The van der Waals surface area contributed by atoms with E-state index in [1.165, 1.54) is 31.6 Å². The first-order valence-corrected chi connectivity index (χ1v) is 8.79. The van der Waals surface area contributed by atoms with Crippen molar-refractivity contribution >= 4 is 5.78 Å². The van der Waals surface area contributed by atoms with Crippen molar-refractivity contribution in [2.75, 3.05) is 19.6 Å². The van der Waals surface area contributed by atoms with Crippen molar-refractivity contribution in [3.8, 4) is 0 Å². The average molecular weight is 308 g/mol. The Morgan fingerprint density at radius 1 is 0.957 bits per heavy atom. The fourth-order valence-corrected chi connectivity index (χ4v) is 3.60. The largest absolute Gasteiger partial charge is 0.334 e. The highest BCUT2D eigenvalue weighted by molar-refractivity contribution is 5.95. The van der Waals surface area contributed by atoms with Gasteiger partial charge in [0.05, 0.1) is 19.6 Å². The number of Topliss-reactive ketones (excluding diaryl/α,β-unsaturated/α-hetero) is 1. The second-order valence-electron chi connectivity index (χ2n) is 6.60. The third-order valence-corrected chi connectivity index (χ3v) is 4.93. The number of hydrogen-bond acceptors (Lipinski definition) is 1. The zero-order chi connectivity index (χ0) is 15.9. The predicted molar refractivity (Wildman–Crippen MR) is 94.0 cm³/mol. The molecule has 0 saturated carbocycles. The third kappa shape index (κ3) is 4.52. The van der Waals surface area contributed by atoms with Crippen LogP contribution in [0, 0.1) is 0 Å². The summed E-state index contributed by atoms with van der Waals surface area (Å²) in [5, 5.41) is 0. The van der Waals surface area contributed by atoms with Crippen molar-refractivity contribution in [3.63, 3.8) is 0 Å². The summed E-state index contributed by atoms with van der Waals surface area (Å²) in [5.74, 6) is 1.00. The van der Waals surface area contributed by atoms with Gasteiger partial charge in [-0.15, -0.1) is 0 Å². The Bertz CT molecular complexity index is 608. The maximum absolute atomic E-state index is 12.1. The van der Waals surface area contributed by atoms with Crippen LogP contribution in [0.5, 0.6) is 0 Å². The molecule has 23 heavy (non-hydrogen) atoms. The first kappa shape index (κ1) is 15.9. The molecule has 0 aliphatic carbocycles. The maximum Gasteiger partial charge on any atom is 0.162 e. The van der Waals surface area contributed by atoms with Gasteiger partial charge in [0.25, 0.3) is 0 Å². The normalized spacial score (nSPS) is 20.5. The summed E-state index contributed by atoms with van der Waals surface area (Å²) in [6, 6.07) is 20.5. The van der Waals surface area contributed by atoms with Crippen molar-refractivity contribution in [2.24, 2.45) is 0 Å². The zero-order valence-electron chi connectivity index (χ0n) is 13.7. The Kier molecular flexibility index (Phi) is 5.60. The van der Waals surface area contributed by atoms with Gasteiger partial charge in [0.2, 0.25) is 0 Å². The minimum absolute atomic E-state index is 0.282. The minimum Gasteiger partial charge on any atom is -0.334 e. The molecule has 2 atom stereocenters. The summed E-state index contributed by atoms with van der Waals surface area (Å²) < 4.78 is 0. The number of ketones is 1. The third-order valence-electron chi connectivity index (χ3n) is 4.93. The topological polar surface area (TPSA) is 21.5 Å². The van der Waals surface area contributed by atoms with Crippen LogP contribution in [0.25, 0.3) is 0 Å². The Morgan fingerprint density at radius 3 is 2.39 bits per heavy atom. The van der Waals surface area contributed by atoms with Crippen molar-refractivity contribution in [2.45, 2.75) is 31.6 Å². The number of hydrogen-bond donors (Lipinski definition) is 1. The summed E-state index contributed by atoms with van der Waals surface area (Å²) in [4.78, 5) is 13.8. The van der Waals surface area contributed by atoms with Gasteiger partial charge < -0.3 is 4.90 Å². The standard InChI is InChI=1S/C21H25NO/c23-21(19-11-5-2-6-12-19)13-7-8-15-22-16-14-20(17-22)18-9-3-1-4-10-18/h1-6,9-12,20H,7-8,13-17H2/p+1/t20-/m0/s1. The summed E-state index contributed by atoms with van der Waals surface area (Å²) in [5.41, 5.74) is 2.34. The highest BCUT2D eigenvalue weighted by Gasteiger charge is 2.26. The molecule has 1 unspecified atom stereocenters. The van der Waals surface area contributed by atoms with E-state index in [1.54, 1.807) is 4.90 Å². The van der Waals surface area contributed by atoms with Crippen molar-refractivity contribution in [1.82, 2.24) is 0 Å². The van der Waals surface area contributed by atoms with E-state index in [1.807, 2.05) is 30.3 Å².